The van der Waals surface area contributed by atoms with E-state index in [2.05, 4.69) is 18.5 Å². The fraction of sp³-hybridized carbons (Fsp3) is 0.312. The third-order valence-electron chi connectivity index (χ3n) is 2.74. The molecule has 0 atom stereocenters. The molecule has 20 heavy (non-hydrogen) atoms. The van der Waals surface area contributed by atoms with E-state index in [4.69, 9.17) is 0 Å². The van der Waals surface area contributed by atoms with Crippen LogP contribution in [0.3, 0.4) is 0 Å². The summed E-state index contributed by atoms with van der Waals surface area (Å²) >= 11 is 1.53. The molecule has 1 rings (SSSR count). The van der Waals surface area contributed by atoms with E-state index in [9.17, 15) is 4.79 Å². The fourth-order valence-electron chi connectivity index (χ4n) is 1.44. The molecular formula is C16H22N2OS. The predicted molar refractivity (Wildman–Crippen MR) is 88.5 cm³/mol. The number of carbonyl (C=O) groups excluding carboxylic acids is 1. The van der Waals surface area contributed by atoms with E-state index in [1.807, 2.05) is 50.2 Å². The molecule has 0 aliphatic rings. The molecule has 108 valence electrons. The van der Waals surface area contributed by atoms with Gasteiger partial charge in [-0.3, -0.25) is 4.79 Å². The number of benzene rings is 1. The van der Waals surface area contributed by atoms with Crippen LogP contribution in [0.1, 0.15) is 29.3 Å². The zero-order chi connectivity index (χ0) is 15.1. The third kappa shape index (κ3) is 4.78. The summed E-state index contributed by atoms with van der Waals surface area (Å²) in [7, 11) is 3.90. The standard InChI is InChI=1S/C16H22N2OS/c1-6-11-17-16(19)15-9-7-14(8-10-15)12(2)20-13(3)18(4)5/h7-10H,2-3,6,11H2,1,4-5H3,(H,17,19). The highest BCUT2D eigenvalue weighted by Gasteiger charge is 2.07. The number of hydrogen-bond acceptors (Lipinski definition) is 3. The molecule has 1 N–H and O–H groups in total. The van der Waals surface area contributed by atoms with Crippen LogP contribution in [0, 0.1) is 0 Å². The molecule has 0 saturated carbocycles. The Morgan fingerprint density at radius 2 is 1.75 bits per heavy atom. The van der Waals surface area contributed by atoms with Crippen molar-refractivity contribution in [2.45, 2.75) is 13.3 Å². The summed E-state index contributed by atoms with van der Waals surface area (Å²) in [4.78, 5) is 14.7. The zero-order valence-corrected chi connectivity index (χ0v) is 13.2. The van der Waals surface area contributed by atoms with Gasteiger partial charge in [0.15, 0.2) is 0 Å². The van der Waals surface area contributed by atoms with E-state index in [0.717, 1.165) is 21.9 Å². The maximum atomic E-state index is 11.8. The maximum absolute atomic E-state index is 11.8. The van der Waals surface area contributed by atoms with Gasteiger partial charge in [-0.05, 0) is 24.1 Å². The van der Waals surface area contributed by atoms with Crippen LogP contribution in [-0.2, 0) is 0 Å². The molecular weight excluding hydrogens is 268 g/mol. The average Bonchev–Trinajstić information content (AvgIpc) is 2.44. The maximum Gasteiger partial charge on any atom is 0.251 e. The molecule has 0 fully saturated rings. The summed E-state index contributed by atoms with van der Waals surface area (Å²) in [5.41, 5.74) is 1.68. The molecule has 4 heteroatoms. The number of nitrogens with zero attached hydrogens (tertiary/aromatic N) is 1. The molecule has 1 aromatic carbocycles. The lowest BCUT2D eigenvalue weighted by molar-refractivity contribution is 0.0953. The quantitative estimate of drug-likeness (QED) is 0.833. The lowest BCUT2D eigenvalue weighted by Gasteiger charge is -2.16. The van der Waals surface area contributed by atoms with E-state index in [1.54, 1.807) is 0 Å². The van der Waals surface area contributed by atoms with Gasteiger partial charge in [0.2, 0.25) is 0 Å². The number of amides is 1. The Bertz CT molecular complexity index is 492. The van der Waals surface area contributed by atoms with Gasteiger partial charge in [0.25, 0.3) is 5.91 Å². The Morgan fingerprint density at radius 1 is 1.20 bits per heavy atom. The largest absolute Gasteiger partial charge is 0.373 e. The smallest absolute Gasteiger partial charge is 0.251 e. The Labute approximate surface area is 125 Å². The van der Waals surface area contributed by atoms with Crippen molar-refractivity contribution in [3.8, 4) is 0 Å². The highest BCUT2D eigenvalue weighted by atomic mass is 32.2. The minimum atomic E-state index is -0.0330. The number of rotatable bonds is 7. The van der Waals surface area contributed by atoms with Crippen LogP contribution in [0.25, 0.3) is 4.91 Å². The minimum Gasteiger partial charge on any atom is -0.373 e. The first-order valence-corrected chi connectivity index (χ1v) is 7.39. The normalized spacial score (nSPS) is 9.95. The van der Waals surface area contributed by atoms with Gasteiger partial charge in [0, 0.05) is 31.1 Å². The first-order chi connectivity index (χ1) is 9.45. The van der Waals surface area contributed by atoms with E-state index >= 15 is 0 Å². The summed E-state index contributed by atoms with van der Waals surface area (Å²) in [5.74, 6) is -0.0330. The van der Waals surface area contributed by atoms with Gasteiger partial charge in [-0.25, -0.2) is 0 Å². The predicted octanol–water partition coefficient (Wildman–Crippen LogP) is 3.56. The second-order valence-corrected chi connectivity index (χ2v) is 5.81. The Morgan fingerprint density at radius 3 is 2.25 bits per heavy atom. The van der Waals surface area contributed by atoms with Crippen molar-refractivity contribution in [2.24, 2.45) is 0 Å². The van der Waals surface area contributed by atoms with Crippen LogP contribution in [0.2, 0.25) is 0 Å². The van der Waals surface area contributed by atoms with Gasteiger partial charge in [0.05, 0.1) is 5.03 Å². The molecule has 0 aliphatic heterocycles. The number of hydrogen-bond donors (Lipinski definition) is 1. The van der Waals surface area contributed by atoms with Gasteiger partial charge in [0.1, 0.15) is 0 Å². The Kier molecular flexibility index (Phi) is 6.39. The Balaban J connectivity index is 2.68. The number of nitrogens with one attached hydrogen (secondary N) is 1. The summed E-state index contributed by atoms with van der Waals surface area (Å²) in [6, 6.07) is 7.48. The molecule has 0 radical (unpaired) electrons. The second kappa shape index (κ2) is 7.80. The third-order valence-corrected chi connectivity index (χ3v) is 3.83. The summed E-state index contributed by atoms with van der Waals surface area (Å²) < 4.78 is 0. The fourth-order valence-corrected chi connectivity index (χ4v) is 2.16. The molecule has 3 nitrogen and oxygen atoms in total. The van der Waals surface area contributed by atoms with E-state index in [1.165, 1.54) is 11.8 Å². The summed E-state index contributed by atoms with van der Waals surface area (Å²) in [5, 5.41) is 3.79. The van der Waals surface area contributed by atoms with E-state index in [-0.39, 0.29) is 5.91 Å². The average molecular weight is 290 g/mol. The first-order valence-electron chi connectivity index (χ1n) is 6.57. The molecule has 0 unspecified atom stereocenters. The SMILES string of the molecule is C=C(SC(=C)N(C)C)c1ccc(C(=O)NCCC)cc1. The van der Waals surface area contributed by atoms with Crippen molar-refractivity contribution in [3.63, 3.8) is 0 Å². The van der Waals surface area contributed by atoms with Gasteiger partial charge in [-0.15, -0.1) is 0 Å². The van der Waals surface area contributed by atoms with E-state index < -0.39 is 0 Å². The zero-order valence-electron chi connectivity index (χ0n) is 12.4. The highest BCUT2D eigenvalue weighted by Crippen LogP contribution is 2.31. The molecule has 1 aromatic rings. The van der Waals surface area contributed by atoms with Crippen molar-refractivity contribution in [2.75, 3.05) is 20.6 Å². The van der Waals surface area contributed by atoms with E-state index in [0.29, 0.717) is 12.1 Å². The van der Waals surface area contributed by atoms with Crippen LogP contribution in [0.5, 0.6) is 0 Å². The topological polar surface area (TPSA) is 32.3 Å². The minimum absolute atomic E-state index is 0.0330. The van der Waals surface area contributed by atoms with Crippen LogP contribution in [0.15, 0.2) is 42.5 Å². The van der Waals surface area contributed by atoms with Crippen molar-refractivity contribution in [1.29, 1.82) is 0 Å². The van der Waals surface area contributed by atoms with Crippen LogP contribution in [-0.4, -0.2) is 31.4 Å². The van der Waals surface area contributed by atoms with Crippen molar-refractivity contribution >= 4 is 22.6 Å². The van der Waals surface area contributed by atoms with Crippen molar-refractivity contribution in [3.05, 3.63) is 53.6 Å². The van der Waals surface area contributed by atoms with Gasteiger partial charge in [-0.2, -0.15) is 0 Å². The van der Waals surface area contributed by atoms with Crippen LogP contribution < -0.4 is 5.32 Å². The summed E-state index contributed by atoms with van der Waals surface area (Å²) in [6.45, 7) is 10.7. The molecule has 0 heterocycles. The lowest BCUT2D eigenvalue weighted by atomic mass is 10.1. The van der Waals surface area contributed by atoms with Gasteiger partial charge >= 0.3 is 0 Å². The number of carbonyl (C=O) groups is 1. The monoisotopic (exact) mass is 290 g/mol. The van der Waals surface area contributed by atoms with Crippen LogP contribution in [0.4, 0.5) is 0 Å². The van der Waals surface area contributed by atoms with Crippen molar-refractivity contribution in [1.82, 2.24) is 10.2 Å². The second-order valence-electron chi connectivity index (χ2n) is 4.65. The molecule has 1 amide bonds. The molecule has 0 aliphatic carbocycles. The molecule has 0 spiro atoms. The lowest BCUT2D eigenvalue weighted by Crippen LogP contribution is -2.23. The Hall–Kier alpha value is -1.68. The van der Waals surface area contributed by atoms with Crippen molar-refractivity contribution < 1.29 is 4.79 Å². The summed E-state index contributed by atoms with van der Waals surface area (Å²) in [6.07, 6.45) is 0.934. The molecule has 0 aromatic heterocycles. The van der Waals surface area contributed by atoms with Gasteiger partial charge < -0.3 is 10.2 Å². The molecule has 0 saturated heterocycles. The number of thioether (sulfide) groups is 1. The first kappa shape index (κ1) is 16.4. The molecule has 0 bridgehead atoms. The van der Waals surface area contributed by atoms with Gasteiger partial charge in [-0.1, -0.05) is 44.0 Å². The van der Waals surface area contributed by atoms with Crippen LogP contribution >= 0.6 is 11.8 Å². The highest BCUT2D eigenvalue weighted by molar-refractivity contribution is 8.11.